The van der Waals surface area contributed by atoms with Gasteiger partial charge in [0.15, 0.2) is 0 Å². The van der Waals surface area contributed by atoms with Crippen LogP contribution in [-0.4, -0.2) is 18.3 Å². The number of carbonyl (C=O) groups excluding carboxylic acids is 1. The zero-order valence-corrected chi connectivity index (χ0v) is 11.9. The molecule has 0 fully saturated rings. The molecule has 1 rings (SSSR count). The van der Waals surface area contributed by atoms with Gasteiger partial charge in [-0.15, -0.1) is 22.9 Å². The predicted molar refractivity (Wildman–Crippen MR) is 75.2 cm³/mol. The first kappa shape index (κ1) is 14.5. The Morgan fingerprint density at radius 3 is 2.82 bits per heavy atom. The molecular weight excluding hydrogens is 254 g/mol. The molecule has 0 spiro atoms. The number of hydrogen-bond acceptors (Lipinski definition) is 2. The first-order valence-corrected chi connectivity index (χ1v) is 7.61. The first-order chi connectivity index (χ1) is 8.29. The zero-order chi connectivity index (χ0) is 12.5. The summed E-state index contributed by atoms with van der Waals surface area (Å²) in [7, 11) is 0. The van der Waals surface area contributed by atoms with Gasteiger partial charge in [0.25, 0.3) is 5.91 Å². The van der Waals surface area contributed by atoms with E-state index in [1.165, 1.54) is 11.3 Å². The fourth-order valence-electron chi connectivity index (χ4n) is 1.67. The van der Waals surface area contributed by atoms with E-state index in [4.69, 9.17) is 11.6 Å². The Kier molecular flexibility index (Phi) is 7.29. The van der Waals surface area contributed by atoms with E-state index in [-0.39, 0.29) is 5.91 Å². The van der Waals surface area contributed by atoms with E-state index in [2.05, 4.69) is 12.2 Å². The van der Waals surface area contributed by atoms with Crippen molar-refractivity contribution in [3.63, 3.8) is 0 Å². The third kappa shape index (κ3) is 5.09. The number of thiophene rings is 1. The largest absolute Gasteiger partial charge is 0.351 e. The van der Waals surface area contributed by atoms with Crippen molar-refractivity contribution >= 4 is 28.8 Å². The second-order valence-electron chi connectivity index (χ2n) is 3.99. The third-order valence-electron chi connectivity index (χ3n) is 2.68. The van der Waals surface area contributed by atoms with Gasteiger partial charge in [0, 0.05) is 12.4 Å². The van der Waals surface area contributed by atoms with Crippen molar-refractivity contribution in [2.75, 3.05) is 12.4 Å². The lowest BCUT2D eigenvalue weighted by molar-refractivity contribution is 0.0956. The van der Waals surface area contributed by atoms with Gasteiger partial charge in [-0.05, 0) is 36.3 Å². The van der Waals surface area contributed by atoms with Gasteiger partial charge in [-0.25, -0.2) is 0 Å². The van der Waals surface area contributed by atoms with Crippen LogP contribution in [0.1, 0.15) is 47.8 Å². The SMILES string of the molecule is CCc1ccsc1C(=O)NCCCCCCCl. The molecule has 1 aromatic heterocycles. The monoisotopic (exact) mass is 273 g/mol. The molecule has 4 heteroatoms. The number of unbranched alkanes of at least 4 members (excludes halogenated alkanes) is 3. The molecule has 0 bridgehead atoms. The zero-order valence-electron chi connectivity index (χ0n) is 10.3. The van der Waals surface area contributed by atoms with E-state index in [9.17, 15) is 4.79 Å². The molecular formula is C13H20ClNOS. The van der Waals surface area contributed by atoms with Crippen LogP contribution < -0.4 is 5.32 Å². The maximum Gasteiger partial charge on any atom is 0.261 e. The second-order valence-corrected chi connectivity index (χ2v) is 5.28. The van der Waals surface area contributed by atoms with Gasteiger partial charge in [0.05, 0.1) is 4.88 Å². The summed E-state index contributed by atoms with van der Waals surface area (Å²) in [6, 6.07) is 2.03. The van der Waals surface area contributed by atoms with Crippen LogP contribution in [0, 0.1) is 0 Å². The van der Waals surface area contributed by atoms with E-state index in [0.717, 1.165) is 55.0 Å². The molecule has 0 aliphatic heterocycles. The van der Waals surface area contributed by atoms with E-state index in [1.54, 1.807) is 0 Å². The molecule has 0 unspecified atom stereocenters. The number of amides is 1. The van der Waals surface area contributed by atoms with Crippen molar-refractivity contribution in [2.24, 2.45) is 0 Å². The summed E-state index contributed by atoms with van der Waals surface area (Å²) in [5.74, 6) is 0.815. The van der Waals surface area contributed by atoms with Crippen LogP contribution in [0.15, 0.2) is 11.4 Å². The van der Waals surface area contributed by atoms with Gasteiger partial charge in [-0.3, -0.25) is 4.79 Å². The highest BCUT2D eigenvalue weighted by molar-refractivity contribution is 7.12. The van der Waals surface area contributed by atoms with Crippen molar-refractivity contribution in [3.05, 3.63) is 21.9 Å². The number of rotatable bonds is 8. The lowest BCUT2D eigenvalue weighted by Gasteiger charge is -2.05. The number of halogens is 1. The molecule has 0 saturated heterocycles. The molecule has 1 aromatic rings. The van der Waals surface area contributed by atoms with Crippen molar-refractivity contribution in [3.8, 4) is 0 Å². The molecule has 2 nitrogen and oxygen atoms in total. The standard InChI is InChI=1S/C13H20ClNOS/c1-2-11-7-10-17-12(11)13(16)15-9-6-4-3-5-8-14/h7,10H,2-6,8-9H2,1H3,(H,15,16). The summed E-state index contributed by atoms with van der Waals surface area (Å²) in [5.41, 5.74) is 1.15. The summed E-state index contributed by atoms with van der Waals surface area (Å²) in [5, 5.41) is 4.96. The van der Waals surface area contributed by atoms with Crippen LogP contribution >= 0.6 is 22.9 Å². The van der Waals surface area contributed by atoms with Crippen molar-refractivity contribution in [1.82, 2.24) is 5.32 Å². The van der Waals surface area contributed by atoms with Crippen LogP contribution in [-0.2, 0) is 6.42 Å². The molecule has 0 aliphatic rings. The Morgan fingerprint density at radius 1 is 1.35 bits per heavy atom. The lowest BCUT2D eigenvalue weighted by atomic mass is 10.2. The maximum atomic E-state index is 11.9. The lowest BCUT2D eigenvalue weighted by Crippen LogP contribution is -2.24. The minimum atomic E-state index is 0.0780. The normalized spacial score (nSPS) is 10.5. The Hall–Kier alpha value is -0.540. The highest BCUT2D eigenvalue weighted by atomic mass is 35.5. The minimum Gasteiger partial charge on any atom is -0.351 e. The van der Waals surface area contributed by atoms with Gasteiger partial charge in [-0.2, -0.15) is 0 Å². The summed E-state index contributed by atoms with van der Waals surface area (Å²) in [6.07, 6.45) is 5.31. The topological polar surface area (TPSA) is 29.1 Å². The van der Waals surface area contributed by atoms with E-state index < -0.39 is 0 Å². The Labute approximate surface area is 112 Å². The number of hydrogen-bond donors (Lipinski definition) is 1. The third-order valence-corrected chi connectivity index (χ3v) is 3.90. The molecule has 0 radical (unpaired) electrons. The van der Waals surface area contributed by atoms with Gasteiger partial charge in [0.1, 0.15) is 0 Å². The Balaban J connectivity index is 2.21. The van der Waals surface area contributed by atoms with Gasteiger partial charge in [0.2, 0.25) is 0 Å². The fourth-order valence-corrected chi connectivity index (χ4v) is 2.77. The number of carbonyl (C=O) groups is 1. The molecule has 0 atom stereocenters. The molecule has 96 valence electrons. The summed E-state index contributed by atoms with van der Waals surface area (Å²) in [4.78, 5) is 12.7. The van der Waals surface area contributed by atoms with Crippen molar-refractivity contribution in [1.29, 1.82) is 0 Å². The quantitative estimate of drug-likeness (QED) is 0.566. The smallest absolute Gasteiger partial charge is 0.261 e. The molecule has 1 heterocycles. The van der Waals surface area contributed by atoms with Gasteiger partial charge in [-0.1, -0.05) is 19.8 Å². The van der Waals surface area contributed by atoms with Crippen LogP contribution in [0.25, 0.3) is 0 Å². The van der Waals surface area contributed by atoms with Crippen LogP contribution in [0.5, 0.6) is 0 Å². The van der Waals surface area contributed by atoms with Crippen LogP contribution in [0.3, 0.4) is 0 Å². The Bertz CT molecular complexity index is 338. The average molecular weight is 274 g/mol. The van der Waals surface area contributed by atoms with Crippen molar-refractivity contribution in [2.45, 2.75) is 39.0 Å². The minimum absolute atomic E-state index is 0.0780. The number of alkyl halides is 1. The molecule has 0 saturated carbocycles. The van der Waals surface area contributed by atoms with E-state index in [0.29, 0.717) is 0 Å². The summed E-state index contributed by atoms with van der Waals surface area (Å²) in [6.45, 7) is 2.84. The second kappa shape index (κ2) is 8.54. The van der Waals surface area contributed by atoms with Crippen LogP contribution in [0.2, 0.25) is 0 Å². The summed E-state index contributed by atoms with van der Waals surface area (Å²) >= 11 is 7.12. The summed E-state index contributed by atoms with van der Waals surface area (Å²) < 4.78 is 0. The molecule has 0 aromatic carbocycles. The first-order valence-electron chi connectivity index (χ1n) is 6.20. The average Bonchev–Trinajstić information content (AvgIpc) is 2.81. The van der Waals surface area contributed by atoms with Crippen LogP contribution in [0.4, 0.5) is 0 Å². The molecule has 17 heavy (non-hydrogen) atoms. The molecule has 1 amide bonds. The maximum absolute atomic E-state index is 11.9. The number of nitrogens with one attached hydrogen (secondary N) is 1. The van der Waals surface area contributed by atoms with Gasteiger partial charge >= 0.3 is 0 Å². The van der Waals surface area contributed by atoms with Gasteiger partial charge < -0.3 is 5.32 Å². The highest BCUT2D eigenvalue weighted by Crippen LogP contribution is 2.16. The predicted octanol–water partition coefficient (Wildman–Crippen LogP) is 3.84. The Morgan fingerprint density at radius 2 is 2.12 bits per heavy atom. The molecule has 0 aliphatic carbocycles. The fraction of sp³-hybridized carbons (Fsp3) is 0.615. The van der Waals surface area contributed by atoms with E-state index in [1.807, 2.05) is 11.4 Å². The highest BCUT2D eigenvalue weighted by Gasteiger charge is 2.10. The van der Waals surface area contributed by atoms with E-state index >= 15 is 0 Å². The molecule has 1 N–H and O–H groups in total. The van der Waals surface area contributed by atoms with Crippen molar-refractivity contribution < 1.29 is 4.79 Å². The number of aryl methyl sites for hydroxylation is 1.